The van der Waals surface area contributed by atoms with Gasteiger partial charge in [-0.25, -0.2) is 9.48 Å². The standard InChI is InChI=1S/C17H20N4O2/c1-23-15-9-13(8-14(10-15)21-7-3-6-18-21)19-17(22)20-11-12-4-2-5-16(12)20/h3,6-10,12,16H,2,4-5,11H2,1H3,(H,19,22). The number of hydrogen-bond donors (Lipinski definition) is 1. The smallest absolute Gasteiger partial charge is 0.322 e. The highest BCUT2D eigenvalue weighted by Crippen LogP contribution is 2.39. The van der Waals surface area contributed by atoms with Crippen molar-refractivity contribution in [2.75, 3.05) is 19.0 Å². The van der Waals surface area contributed by atoms with Gasteiger partial charge in [-0.3, -0.25) is 0 Å². The zero-order valence-electron chi connectivity index (χ0n) is 13.1. The number of amides is 2. The van der Waals surface area contributed by atoms with Gasteiger partial charge in [-0.15, -0.1) is 0 Å². The van der Waals surface area contributed by atoms with E-state index in [9.17, 15) is 4.79 Å². The molecule has 0 radical (unpaired) electrons. The lowest BCUT2D eigenvalue weighted by Crippen LogP contribution is -2.57. The lowest BCUT2D eigenvalue weighted by Gasteiger charge is -2.44. The Balaban J connectivity index is 1.54. The van der Waals surface area contributed by atoms with Crippen LogP contribution in [0.4, 0.5) is 10.5 Å². The number of benzene rings is 1. The van der Waals surface area contributed by atoms with Crippen molar-refractivity contribution < 1.29 is 9.53 Å². The van der Waals surface area contributed by atoms with Crippen molar-refractivity contribution >= 4 is 11.7 Å². The third-order valence-corrected chi connectivity index (χ3v) is 4.86. The molecule has 0 bridgehead atoms. The Labute approximate surface area is 135 Å². The van der Waals surface area contributed by atoms with Gasteiger partial charge in [-0.05, 0) is 30.9 Å². The predicted octanol–water partition coefficient (Wildman–Crippen LogP) is 2.90. The van der Waals surface area contributed by atoms with Crippen molar-refractivity contribution in [3.05, 3.63) is 36.7 Å². The fourth-order valence-corrected chi connectivity index (χ4v) is 3.65. The second-order valence-electron chi connectivity index (χ2n) is 6.21. The highest BCUT2D eigenvalue weighted by molar-refractivity contribution is 5.90. The molecule has 2 fully saturated rings. The first-order valence-corrected chi connectivity index (χ1v) is 8.01. The summed E-state index contributed by atoms with van der Waals surface area (Å²) in [5, 5.41) is 7.23. The number of carbonyl (C=O) groups is 1. The van der Waals surface area contributed by atoms with E-state index < -0.39 is 0 Å². The van der Waals surface area contributed by atoms with E-state index in [1.54, 1.807) is 18.0 Å². The molecule has 2 unspecified atom stereocenters. The number of urea groups is 1. The molecule has 1 N–H and O–H groups in total. The maximum Gasteiger partial charge on any atom is 0.322 e. The van der Waals surface area contributed by atoms with E-state index in [1.165, 1.54) is 12.8 Å². The van der Waals surface area contributed by atoms with Crippen LogP contribution in [0.15, 0.2) is 36.7 Å². The predicted molar refractivity (Wildman–Crippen MR) is 87.0 cm³/mol. The Hall–Kier alpha value is -2.50. The number of aromatic nitrogens is 2. The van der Waals surface area contributed by atoms with Gasteiger partial charge in [-0.2, -0.15) is 5.10 Å². The molecule has 6 nitrogen and oxygen atoms in total. The summed E-state index contributed by atoms with van der Waals surface area (Å²) >= 11 is 0. The molecular weight excluding hydrogens is 292 g/mol. The topological polar surface area (TPSA) is 59.4 Å². The Morgan fingerprint density at radius 1 is 1.35 bits per heavy atom. The normalized spacial score (nSPS) is 22.4. The van der Waals surface area contributed by atoms with Crippen LogP contribution in [-0.4, -0.2) is 40.4 Å². The van der Waals surface area contributed by atoms with Gasteiger partial charge in [0.1, 0.15) is 5.75 Å². The third-order valence-electron chi connectivity index (χ3n) is 4.86. The van der Waals surface area contributed by atoms with Gasteiger partial charge in [0.2, 0.25) is 0 Å². The zero-order chi connectivity index (χ0) is 15.8. The monoisotopic (exact) mass is 312 g/mol. The third kappa shape index (κ3) is 2.54. The summed E-state index contributed by atoms with van der Waals surface area (Å²) in [6, 6.07) is 7.90. The van der Waals surface area contributed by atoms with Crippen LogP contribution in [-0.2, 0) is 0 Å². The van der Waals surface area contributed by atoms with Crippen molar-refractivity contribution in [1.29, 1.82) is 0 Å². The van der Waals surface area contributed by atoms with Crippen LogP contribution >= 0.6 is 0 Å². The molecule has 2 amide bonds. The molecule has 120 valence electrons. The molecule has 1 saturated heterocycles. The van der Waals surface area contributed by atoms with Gasteiger partial charge in [0.15, 0.2) is 0 Å². The van der Waals surface area contributed by atoms with Crippen LogP contribution in [0.2, 0.25) is 0 Å². The average Bonchev–Trinajstić information content (AvgIpc) is 3.17. The number of ether oxygens (including phenoxy) is 1. The number of rotatable bonds is 3. The number of anilines is 1. The number of nitrogens with one attached hydrogen (secondary N) is 1. The molecule has 1 aromatic heterocycles. The van der Waals surface area contributed by atoms with Crippen LogP contribution in [0.3, 0.4) is 0 Å². The van der Waals surface area contributed by atoms with Crippen LogP contribution in [0.1, 0.15) is 19.3 Å². The van der Waals surface area contributed by atoms with Crippen LogP contribution in [0, 0.1) is 5.92 Å². The first-order valence-electron chi connectivity index (χ1n) is 8.01. The number of nitrogens with zero attached hydrogens (tertiary/aromatic N) is 3. The lowest BCUT2D eigenvalue weighted by atomic mass is 9.92. The molecule has 2 heterocycles. The average molecular weight is 312 g/mol. The molecule has 1 aromatic carbocycles. The van der Waals surface area contributed by atoms with Crippen molar-refractivity contribution in [2.45, 2.75) is 25.3 Å². The van der Waals surface area contributed by atoms with Crippen LogP contribution < -0.4 is 10.1 Å². The van der Waals surface area contributed by atoms with Crippen LogP contribution in [0.25, 0.3) is 5.69 Å². The summed E-state index contributed by atoms with van der Waals surface area (Å²) in [5.74, 6) is 1.40. The van der Waals surface area contributed by atoms with Gasteiger partial charge in [-0.1, -0.05) is 6.42 Å². The van der Waals surface area contributed by atoms with Gasteiger partial charge >= 0.3 is 6.03 Å². The molecule has 1 saturated carbocycles. The molecule has 2 aromatic rings. The molecular formula is C17H20N4O2. The maximum atomic E-state index is 12.5. The molecule has 2 aliphatic rings. The maximum absolute atomic E-state index is 12.5. The molecule has 2 atom stereocenters. The molecule has 0 spiro atoms. The SMILES string of the molecule is COc1cc(NC(=O)N2CC3CCCC32)cc(-n2cccn2)c1. The summed E-state index contributed by atoms with van der Waals surface area (Å²) in [6.45, 7) is 0.881. The summed E-state index contributed by atoms with van der Waals surface area (Å²) in [7, 11) is 1.62. The van der Waals surface area contributed by atoms with Gasteiger partial charge in [0, 0.05) is 42.8 Å². The van der Waals surface area contributed by atoms with E-state index in [0.717, 1.165) is 24.3 Å². The number of methoxy groups -OCH3 is 1. The van der Waals surface area contributed by atoms with E-state index in [0.29, 0.717) is 17.7 Å². The van der Waals surface area contributed by atoms with E-state index in [1.807, 2.05) is 35.4 Å². The zero-order valence-corrected chi connectivity index (χ0v) is 13.1. The molecule has 4 rings (SSSR count). The van der Waals surface area contributed by atoms with Gasteiger partial charge in [0.25, 0.3) is 0 Å². The fraction of sp³-hybridized carbons (Fsp3) is 0.412. The number of fused-ring (bicyclic) bond motifs is 1. The molecule has 1 aliphatic carbocycles. The van der Waals surface area contributed by atoms with E-state index >= 15 is 0 Å². The minimum absolute atomic E-state index is 0.0205. The molecule has 6 heteroatoms. The highest BCUT2D eigenvalue weighted by atomic mass is 16.5. The van der Waals surface area contributed by atoms with E-state index in [2.05, 4.69) is 10.4 Å². The Morgan fingerprint density at radius 2 is 2.26 bits per heavy atom. The number of carbonyl (C=O) groups excluding carboxylic acids is 1. The van der Waals surface area contributed by atoms with Crippen molar-refractivity contribution in [3.8, 4) is 11.4 Å². The van der Waals surface area contributed by atoms with Crippen LogP contribution in [0.5, 0.6) is 5.75 Å². The Kier molecular flexibility index (Phi) is 3.44. The minimum atomic E-state index is -0.0205. The van der Waals surface area contributed by atoms with Crippen molar-refractivity contribution in [3.63, 3.8) is 0 Å². The highest BCUT2D eigenvalue weighted by Gasteiger charge is 2.44. The summed E-state index contributed by atoms with van der Waals surface area (Å²) in [6.07, 6.45) is 7.21. The Bertz CT molecular complexity index is 713. The first-order chi connectivity index (χ1) is 11.2. The van der Waals surface area contributed by atoms with Gasteiger partial charge < -0.3 is 15.0 Å². The van der Waals surface area contributed by atoms with E-state index in [-0.39, 0.29) is 6.03 Å². The number of likely N-dealkylation sites (tertiary alicyclic amines) is 1. The molecule has 1 aliphatic heterocycles. The lowest BCUT2D eigenvalue weighted by molar-refractivity contribution is 0.0797. The molecule has 23 heavy (non-hydrogen) atoms. The summed E-state index contributed by atoms with van der Waals surface area (Å²) in [5.41, 5.74) is 1.58. The minimum Gasteiger partial charge on any atom is -0.497 e. The van der Waals surface area contributed by atoms with E-state index in [4.69, 9.17) is 4.74 Å². The van der Waals surface area contributed by atoms with Crippen molar-refractivity contribution in [2.24, 2.45) is 5.92 Å². The van der Waals surface area contributed by atoms with Crippen molar-refractivity contribution in [1.82, 2.24) is 14.7 Å². The summed E-state index contributed by atoms with van der Waals surface area (Å²) < 4.78 is 7.08. The number of hydrogen-bond acceptors (Lipinski definition) is 3. The first kappa shape index (κ1) is 14.1. The Morgan fingerprint density at radius 3 is 3.00 bits per heavy atom. The fourth-order valence-electron chi connectivity index (χ4n) is 3.65. The summed E-state index contributed by atoms with van der Waals surface area (Å²) in [4.78, 5) is 14.4. The quantitative estimate of drug-likeness (QED) is 0.948. The second kappa shape index (κ2) is 5.61. The van der Waals surface area contributed by atoms with Gasteiger partial charge in [0.05, 0.1) is 12.8 Å². The largest absolute Gasteiger partial charge is 0.497 e. The second-order valence-corrected chi connectivity index (χ2v) is 6.21.